The molecule has 0 bridgehead atoms. The van der Waals surface area contributed by atoms with Crippen LogP contribution in [0.25, 0.3) is 0 Å². The minimum atomic E-state index is -0.737. The van der Waals surface area contributed by atoms with E-state index >= 15 is 0 Å². The Labute approximate surface area is 251 Å². The Morgan fingerprint density at radius 2 is 1.71 bits per heavy atom. The number of fused-ring (bicyclic) bond motifs is 1. The molecule has 0 unspecified atom stereocenters. The predicted molar refractivity (Wildman–Crippen MR) is 159 cm³/mol. The monoisotopic (exact) mass is 594 g/mol. The Kier molecular flexibility index (Phi) is 8.42. The van der Waals surface area contributed by atoms with Crippen LogP contribution in [0.3, 0.4) is 0 Å². The maximum absolute atomic E-state index is 14.4. The summed E-state index contributed by atoms with van der Waals surface area (Å²) >= 11 is 5.83. The summed E-state index contributed by atoms with van der Waals surface area (Å²) in [6.07, 6.45) is 3.15. The molecule has 0 radical (unpaired) electrons. The first-order valence-corrected chi connectivity index (χ1v) is 15.2. The summed E-state index contributed by atoms with van der Waals surface area (Å²) < 4.78 is 38.7. The maximum Gasteiger partial charge on any atom is 0.227 e. The lowest BCUT2D eigenvalue weighted by molar-refractivity contribution is -0.138. The Morgan fingerprint density at radius 1 is 0.976 bits per heavy atom. The van der Waals surface area contributed by atoms with Crippen molar-refractivity contribution in [1.82, 2.24) is 10.2 Å². The molecule has 1 aliphatic heterocycles. The first-order valence-electron chi connectivity index (χ1n) is 14.9. The van der Waals surface area contributed by atoms with Crippen LogP contribution in [0.5, 0.6) is 11.5 Å². The van der Waals surface area contributed by atoms with E-state index < -0.39 is 11.6 Å². The molecule has 5 nitrogen and oxygen atoms in total. The number of carbonyl (C=O) groups is 1. The van der Waals surface area contributed by atoms with E-state index in [2.05, 4.69) is 54.4 Å². The number of aryl methyl sites for hydroxylation is 1. The van der Waals surface area contributed by atoms with Crippen molar-refractivity contribution in [2.24, 2.45) is 17.8 Å². The Bertz CT molecular complexity index is 1450. The molecule has 8 heteroatoms. The lowest BCUT2D eigenvalue weighted by Gasteiger charge is -2.32. The van der Waals surface area contributed by atoms with Crippen molar-refractivity contribution >= 4 is 17.5 Å². The van der Waals surface area contributed by atoms with Crippen LogP contribution >= 0.6 is 11.6 Å². The molecule has 1 heterocycles. The van der Waals surface area contributed by atoms with Gasteiger partial charge in [0.2, 0.25) is 5.91 Å². The highest BCUT2D eigenvalue weighted by molar-refractivity contribution is 6.32. The Morgan fingerprint density at radius 3 is 2.48 bits per heavy atom. The van der Waals surface area contributed by atoms with E-state index in [0.717, 1.165) is 50.0 Å². The molecule has 3 aromatic rings. The van der Waals surface area contributed by atoms with Gasteiger partial charge in [0.25, 0.3) is 0 Å². The fraction of sp³-hybridized carbons (Fsp3) is 0.441. The van der Waals surface area contributed by atoms with Crippen molar-refractivity contribution in [3.05, 3.63) is 93.5 Å². The summed E-state index contributed by atoms with van der Waals surface area (Å²) in [6, 6.07) is 16.6. The Balaban J connectivity index is 1.14. The van der Waals surface area contributed by atoms with E-state index in [4.69, 9.17) is 21.1 Å². The molecule has 0 aromatic heterocycles. The summed E-state index contributed by atoms with van der Waals surface area (Å²) in [5.41, 5.74) is 4.92. The minimum Gasteiger partial charge on any atom is -0.490 e. The number of nitrogens with zero attached hydrogens (tertiary/aromatic N) is 1. The zero-order valence-electron chi connectivity index (χ0n) is 24.0. The maximum atomic E-state index is 14.4. The second-order valence-corrected chi connectivity index (χ2v) is 12.3. The molecule has 42 heavy (non-hydrogen) atoms. The average molecular weight is 595 g/mol. The fourth-order valence-corrected chi connectivity index (χ4v) is 7.00. The van der Waals surface area contributed by atoms with Crippen LogP contribution in [0.2, 0.25) is 5.02 Å². The number of benzene rings is 3. The van der Waals surface area contributed by atoms with Gasteiger partial charge >= 0.3 is 0 Å². The van der Waals surface area contributed by atoms with Gasteiger partial charge in [0.15, 0.2) is 11.6 Å². The van der Waals surface area contributed by atoms with Crippen molar-refractivity contribution in [2.45, 2.75) is 51.6 Å². The van der Waals surface area contributed by atoms with Crippen LogP contribution in [0, 0.1) is 43.2 Å². The number of amides is 1. The van der Waals surface area contributed by atoms with Crippen LogP contribution in [0.15, 0.2) is 54.6 Å². The number of halogens is 3. The van der Waals surface area contributed by atoms with Crippen molar-refractivity contribution in [3.63, 3.8) is 0 Å². The molecule has 3 aromatic carbocycles. The summed E-state index contributed by atoms with van der Waals surface area (Å²) in [5, 5.41) is 3.16. The number of hydrogen-bond acceptors (Lipinski definition) is 4. The van der Waals surface area contributed by atoms with Crippen molar-refractivity contribution in [1.29, 1.82) is 0 Å². The number of rotatable bonds is 10. The zero-order valence-corrected chi connectivity index (χ0v) is 24.8. The third kappa shape index (κ3) is 5.86. The van der Waals surface area contributed by atoms with Gasteiger partial charge in [0.1, 0.15) is 29.8 Å². The van der Waals surface area contributed by atoms with Gasteiger partial charge in [0, 0.05) is 18.5 Å². The highest BCUT2D eigenvalue weighted by atomic mass is 35.5. The third-order valence-electron chi connectivity index (χ3n) is 9.37. The van der Waals surface area contributed by atoms with E-state index in [1.54, 1.807) is 0 Å². The standard InChI is InChI=1S/C34H37ClF2N2O3/c1-20-4-3-5-23(21(20)2)19-39(25-8-9-25)34(40)31-27(16-24-17-38-18-28(24)31)22-6-10-26(11-7-22)41-14-15-42-33-30(37)13-12-29(36)32(33)35/h3-7,10-13,24-25,27-28,31,38H,8-9,14-19H2,1-2H3/t24-,27-,28+,31-/m0/s1. The number of carbonyl (C=O) groups excluding carboxylic acids is 1. The van der Waals surface area contributed by atoms with Crippen LogP contribution in [0.4, 0.5) is 8.78 Å². The van der Waals surface area contributed by atoms with Gasteiger partial charge in [-0.1, -0.05) is 41.9 Å². The minimum absolute atomic E-state index is 0.00875. The molecule has 1 N–H and O–H groups in total. The van der Waals surface area contributed by atoms with Gasteiger partial charge in [0.05, 0.1) is 0 Å². The predicted octanol–water partition coefficient (Wildman–Crippen LogP) is 6.82. The highest BCUT2D eigenvalue weighted by Crippen LogP contribution is 2.50. The van der Waals surface area contributed by atoms with Gasteiger partial charge < -0.3 is 19.7 Å². The lowest BCUT2D eigenvalue weighted by atomic mass is 9.83. The van der Waals surface area contributed by atoms with Crippen LogP contribution in [-0.4, -0.2) is 43.2 Å². The average Bonchev–Trinajstić information content (AvgIpc) is 3.61. The van der Waals surface area contributed by atoms with Gasteiger partial charge in [-0.15, -0.1) is 0 Å². The summed E-state index contributed by atoms with van der Waals surface area (Å²) in [6.45, 7) is 6.95. The molecule has 0 spiro atoms. The molecule has 222 valence electrons. The van der Waals surface area contributed by atoms with Gasteiger partial charge in [-0.05, 0) is 110 Å². The molecular weight excluding hydrogens is 558 g/mol. The van der Waals surface area contributed by atoms with E-state index in [9.17, 15) is 13.6 Å². The van der Waals surface area contributed by atoms with E-state index in [0.29, 0.717) is 36.1 Å². The smallest absolute Gasteiger partial charge is 0.227 e. The largest absolute Gasteiger partial charge is 0.490 e. The summed E-state index contributed by atoms with van der Waals surface area (Å²) in [7, 11) is 0. The highest BCUT2D eigenvalue weighted by Gasteiger charge is 2.51. The first-order chi connectivity index (χ1) is 20.3. The van der Waals surface area contributed by atoms with Crippen molar-refractivity contribution in [2.75, 3.05) is 26.3 Å². The topological polar surface area (TPSA) is 50.8 Å². The first kappa shape index (κ1) is 28.9. The van der Waals surface area contributed by atoms with Gasteiger partial charge in [-0.2, -0.15) is 0 Å². The van der Waals surface area contributed by atoms with E-state index in [1.165, 1.54) is 16.7 Å². The normalized spacial score (nSPS) is 23.1. The van der Waals surface area contributed by atoms with E-state index in [-0.39, 0.29) is 35.8 Å². The molecular formula is C34H37ClF2N2O3. The van der Waals surface area contributed by atoms with Crippen molar-refractivity contribution < 1.29 is 23.0 Å². The molecule has 1 amide bonds. The lowest BCUT2D eigenvalue weighted by Crippen LogP contribution is -2.41. The number of nitrogens with one attached hydrogen (secondary N) is 1. The van der Waals surface area contributed by atoms with Crippen molar-refractivity contribution in [3.8, 4) is 11.5 Å². The third-order valence-corrected chi connectivity index (χ3v) is 9.72. The molecule has 3 aliphatic rings. The van der Waals surface area contributed by atoms with Crippen LogP contribution < -0.4 is 14.8 Å². The molecule has 1 saturated heterocycles. The SMILES string of the molecule is Cc1cccc(CN(C(=O)[C@@H]2[C@@H]3CNC[C@@H]3C[C@H]2c2ccc(OCCOc3c(F)ccc(F)c3Cl)cc2)C2CC2)c1C. The fourth-order valence-electron chi connectivity index (χ4n) is 6.79. The second-order valence-electron chi connectivity index (χ2n) is 11.9. The quantitative estimate of drug-likeness (QED) is 0.207. The zero-order chi connectivity index (χ0) is 29.4. The molecule has 2 saturated carbocycles. The molecule has 2 aliphatic carbocycles. The van der Waals surface area contributed by atoms with Gasteiger partial charge in [-0.25, -0.2) is 8.78 Å². The molecule has 3 fully saturated rings. The second kappa shape index (κ2) is 12.2. The summed E-state index contributed by atoms with van der Waals surface area (Å²) in [4.78, 5) is 16.6. The number of ether oxygens (including phenoxy) is 2. The van der Waals surface area contributed by atoms with Crippen LogP contribution in [0.1, 0.15) is 47.4 Å². The Hall–Kier alpha value is -3.16. The summed E-state index contributed by atoms with van der Waals surface area (Å²) in [5.74, 6) is 0.0987. The number of hydrogen-bond donors (Lipinski definition) is 1. The van der Waals surface area contributed by atoms with Crippen LogP contribution in [-0.2, 0) is 11.3 Å². The molecule has 6 rings (SSSR count). The van der Waals surface area contributed by atoms with E-state index in [1.807, 2.05) is 12.1 Å². The van der Waals surface area contributed by atoms with Gasteiger partial charge in [-0.3, -0.25) is 4.79 Å². The molecule has 4 atom stereocenters.